The highest BCUT2D eigenvalue weighted by Gasteiger charge is 2.48. The third kappa shape index (κ3) is 1.79. The van der Waals surface area contributed by atoms with Crippen LogP contribution in [-0.4, -0.2) is 21.7 Å². The van der Waals surface area contributed by atoms with Gasteiger partial charge in [0, 0.05) is 5.39 Å². The fraction of sp³-hybridized carbons (Fsp3) is 0.286. The van der Waals surface area contributed by atoms with Crippen LogP contribution in [0, 0.1) is 11.8 Å². The van der Waals surface area contributed by atoms with Crippen molar-refractivity contribution in [2.24, 2.45) is 0 Å². The van der Waals surface area contributed by atoms with E-state index < -0.39 is 23.3 Å². The molecular formula is C14H11F2NO3. The molecule has 1 aliphatic rings. The maximum Gasteiger partial charge on any atom is 0.348 e. The zero-order chi connectivity index (χ0) is 14.3. The molecule has 6 heteroatoms. The van der Waals surface area contributed by atoms with Gasteiger partial charge in [0.15, 0.2) is 5.75 Å². The largest absolute Gasteiger partial charge is 0.478 e. The standard InChI is InChI=1S/C14H11F2NO3/c15-10-11(20-14(13(18)19)6-3-7-14)8-4-1-2-5-9(8)17-12(10)16/h1-2,4-5H,3,6-7H2,(H,18,19). The van der Waals surface area contributed by atoms with Gasteiger partial charge in [0.05, 0.1) is 5.52 Å². The van der Waals surface area contributed by atoms with Crippen LogP contribution >= 0.6 is 0 Å². The number of benzene rings is 1. The van der Waals surface area contributed by atoms with Crippen LogP contribution in [0.15, 0.2) is 24.3 Å². The summed E-state index contributed by atoms with van der Waals surface area (Å²) in [6, 6.07) is 6.29. The normalized spacial score (nSPS) is 16.7. The number of fused-ring (bicyclic) bond motifs is 1. The number of hydrogen-bond donors (Lipinski definition) is 1. The summed E-state index contributed by atoms with van der Waals surface area (Å²) < 4.78 is 32.8. The molecule has 4 nitrogen and oxygen atoms in total. The molecule has 0 bridgehead atoms. The Kier molecular flexibility index (Phi) is 2.81. The number of ether oxygens (including phenoxy) is 1. The number of aromatic nitrogens is 1. The van der Waals surface area contributed by atoms with Crippen LogP contribution in [0.25, 0.3) is 10.9 Å². The van der Waals surface area contributed by atoms with E-state index in [1.54, 1.807) is 12.1 Å². The summed E-state index contributed by atoms with van der Waals surface area (Å²) in [6.07, 6.45) is 1.24. The zero-order valence-corrected chi connectivity index (χ0v) is 10.4. The van der Waals surface area contributed by atoms with Gasteiger partial charge in [-0.1, -0.05) is 12.1 Å². The molecular weight excluding hydrogens is 268 g/mol. The maximum absolute atomic E-state index is 13.9. The van der Waals surface area contributed by atoms with E-state index in [1.165, 1.54) is 12.1 Å². The van der Waals surface area contributed by atoms with E-state index in [1.807, 2.05) is 0 Å². The molecule has 1 N–H and O–H groups in total. The average Bonchev–Trinajstić information content (AvgIpc) is 2.37. The third-order valence-electron chi connectivity index (χ3n) is 3.60. The molecule has 0 atom stereocenters. The third-order valence-corrected chi connectivity index (χ3v) is 3.60. The van der Waals surface area contributed by atoms with Crippen LogP contribution in [0.2, 0.25) is 0 Å². The van der Waals surface area contributed by atoms with Crippen LogP contribution < -0.4 is 4.74 Å². The lowest BCUT2D eigenvalue weighted by Gasteiger charge is -2.37. The highest BCUT2D eigenvalue weighted by Crippen LogP contribution is 2.40. The summed E-state index contributed by atoms with van der Waals surface area (Å²) in [5.41, 5.74) is -1.24. The molecule has 3 rings (SSSR count). The van der Waals surface area contributed by atoms with E-state index in [2.05, 4.69) is 4.98 Å². The predicted molar refractivity (Wildman–Crippen MR) is 66.5 cm³/mol. The summed E-state index contributed by atoms with van der Waals surface area (Å²) in [4.78, 5) is 14.8. The van der Waals surface area contributed by atoms with E-state index >= 15 is 0 Å². The number of pyridine rings is 1. The second kappa shape index (κ2) is 4.40. The van der Waals surface area contributed by atoms with Crippen molar-refractivity contribution in [1.82, 2.24) is 4.98 Å². The first kappa shape index (κ1) is 12.8. The molecule has 0 radical (unpaired) electrons. The zero-order valence-electron chi connectivity index (χ0n) is 10.4. The molecule has 1 saturated carbocycles. The lowest BCUT2D eigenvalue weighted by Crippen LogP contribution is -2.50. The number of carbonyl (C=O) groups is 1. The Labute approximate surface area is 113 Å². The molecule has 1 fully saturated rings. The van der Waals surface area contributed by atoms with Crippen molar-refractivity contribution in [2.45, 2.75) is 24.9 Å². The van der Waals surface area contributed by atoms with Gasteiger partial charge in [0.2, 0.25) is 11.4 Å². The van der Waals surface area contributed by atoms with Gasteiger partial charge in [0.25, 0.3) is 5.95 Å². The van der Waals surface area contributed by atoms with Crippen molar-refractivity contribution in [3.8, 4) is 5.75 Å². The molecule has 0 spiro atoms. The number of nitrogens with zero attached hydrogens (tertiary/aromatic N) is 1. The lowest BCUT2D eigenvalue weighted by atomic mass is 9.80. The summed E-state index contributed by atoms with van der Waals surface area (Å²) in [5.74, 6) is -4.09. The highest BCUT2D eigenvalue weighted by atomic mass is 19.2. The van der Waals surface area contributed by atoms with Crippen molar-refractivity contribution in [3.63, 3.8) is 0 Å². The monoisotopic (exact) mass is 279 g/mol. The van der Waals surface area contributed by atoms with Crippen LogP contribution in [0.4, 0.5) is 8.78 Å². The minimum Gasteiger partial charge on any atom is -0.478 e. The van der Waals surface area contributed by atoms with Gasteiger partial charge in [-0.15, -0.1) is 0 Å². The van der Waals surface area contributed by atoms with Crippen LogP contribution in [-0.2, 0) is 4.79 Å². The topological polar surface area (TPSA) is 59.4 Å². The Hall–Kier alpha value is -2.24. The molecule has 20 heavy (non-hydrogen) atoms. The highest BCUT2D eigenvalue weighted by molar-refractivity contribution is 5.86. The van der Waals surface area contributed by atoms with Gasteiger partial charge < -0.3 is 9.84 Å². The van der Waals surface area contributed by atoms with Crippen molar-refractivity contribution in [3.05, 3.63) is 36.0 Å². The van der Waals surface area contributed by atoms with E-state index in [0.29, 0.717) is 6.42 Å². The number of carboxylic acids is 1. The first-order valence-corrected chi connectivity index (χ1v) is 6.20. The summed E-state index contributed by atoms with van der Waals surface area (Å²) in [7, 11) is 0. The van der Waals surface area contributed by atoms with Crippen molar-refractivity contribution >= 4 is 16.9 Å². The molecule has 0 saturated heterocycles. The molecule has 1 aromatic heterocycles. The summed E-state index contributed by atoms with van der Waals surface area (Å²) in [5, 5.41) is 9.48. The van der Waals surface area contributed by atoms with E-state index in [-0.39, 0.29) is 29.5 Å². The van der Waals surface area contributed by atoms with Gasteiger partial charge in [-0.3, -0.25) is 0 Å². The molecule has 0 unspecified atom stereocenters. The fourth-order valence-corrected chi connectivity index (χ4v) is 2.28. The van der Waals surface area contributed by atoms with E-state index in [0.717, 1.165) is 0 Å². The Morgan fingerprint density at radius 3 is 2.60 bits per heavy atom. The van der Waals surface area contributed by atoms with E-state index in [4.69, 9.17) is 4.74 Å². The smallest absolute Gasteiger partial charge is 0.348 e. The number of para-hydroxylation sites is 1. The molecule has 0 amide bonds. The van der Waals surface area contributed by atoms with E-state index in [9.17, 15) is 18.7 Å². The fourth-order valence-electron chi connectivity index (χ4n) is 2.28. The van der Waals surface area contributed by atoms with Crippen molar-refractivity contribution < 1.29 is 23.4 Å². The minimum atomic E-state index is -1.46. The number of aliphatic carboxylic acids is 1. The Bertz CT molecular complexity index is 698. The Morgan fingerprint density at radius 1 is 1.30 bits per heavy atom. The van der Waals surface area contributed by atoms with Crippen molar-refractivity contribution in [2.75, 3.05) is 0 Å². The second-order valence-electron chi connectivity index (χ2n) is 4.82. The first-order valence-electron chi connectivity index (χ1n) is 6.20. The first-order chi connectivity index (χ1) is 9.53. The molecule has 0 aliphatic heterocycles. The summed E-state index contributed by atoms with van der Waals surface area (Å²) in [6.45, 7) is 0. The van der Waals surface area contributed by atoms with Gasteiger partial charge in [-0.25, -0.2) is 9.78 Å². The summed E-state index contributed by atoms with van der Waals surface area (Å²) >= 11 is 0. The molecule has 1 aliphatic carbocycles. The average molecular weight is 279 g/mol. The minimum absolute atomic E-state index is 0.223. The van der Waals surface area contributed by atoms with Gasteiger partial charge in [-0.05, 0) is 31.4 Å². The van der Waals surface area contributed by atoms with Crippen LogP contribution in [0.1, 0.15) is 19.3 Å². The maximum atomic E-state index is 13.9. The molecule has 1 heterocycles. The van der Waals surface area contributed by atoms with Crippen molar-refractivity contribution in [1.29, 1.82) is 0 Å². The number of carboxylic acid groups (broad SMARTS) is 1. The van der Waals surface area contributed by atoms with Gasteiger partial charge in [-0.2, -0.15) is 8.78 Å². The molecule has 2 aromatic rings. The number of rotatable bonds is 3. The van der Waals surface area contributed by atoms with Crippen LogP contribution in [0.3, 0.4) is 0 Å². The van der Waals surface area contributed by atoms with Gasteiger partial charge in [0.1, 0.15) is 0 Å². The predicted octanol–water partition coefficient (Wildman–Crippen LogP) is 2.90. The Morgan fingerprint density at radius 2 is 2.00 bits per heavy atom. The number of hydrogen-bond acceptors (Lipinski definition) is 3. The lowest BCUT2D eigenvalue weighted by molar-refractivity contribution is -0.163. The molecule has 1 aromatic carbocycles. The van der Waals surface area contributed by atoms with Gasteiger partial charge >= 0.3 is 5.97 Å². The Balaban J connectivity index is 2.15. The van der Waals surface area contributed by atoms with Crippen LogP contribution in [0.5, 0.6) is 5.75 Å². The second-order valence-corrected chi connectivity index (χ2v) is 4.82. The SMILES string of the molecule is O=C(O)C1(Oc2c(F)c(F)nc3ccccc23)CCC1. The molecule has 104 valence electrons. The number of halogens is 2. The quantitative estimate of drug-likeness (QED) is 0.878.